The van der Waals surface area contributed by atoms with Gasteiger partial charge in [-0.2, -0.15) is 0 Å². The van der Waals surface area contributed by atoms with Gasteiger partial charge >= 0.3 is 5.97 Å². The van der Waals surface area contributed by atoms with Crippen molar-refractivity contribution < 1.29 is 14.6 Å². The molecular formula is C12H14N2O3. The highest BCUT2D eigenvalue weighted by atomic mass is 16.5. The maximum atomic E-state index is 11.2. The molecule has 0 aliphatic rings. The van der Waals surface area contributed by atoms with Crippen molar-refractivity contribution in [2.24, 2.45) is 0 Å². The minimum atomic E-state index is -0.918. The molecule has 0 aliphatic heterocycles. The summed E-state index contributed by atoms with van der Waals surface area (Å²) in [6.45, 7) is 1.24. The number of nitrogens with zero attached hydrogens (tertiary/aromatic N) is 2. The van der Waals surface area contributed by atoms with Gasteiger partial charge in [-0.3, -0.25) is 4.98 Å². The average molecular weight is 234 g/mol. The molecule has 17 heavy (non-hydrogen) atoms. The van der Waals surface area contributed by atoms with Gasteiger partial charge in [0.15, 0.2) is 0 Å². The quantitative estimate of drug-likeness (QED) is 0.801. The van der Waals surface area contributed by atoms with Crippen LogP contribution in [-0.2, 0) is 11.3 Å². The van der Waals surface area contributed by atoms with Crippen LogP contribution in [0.2, 0.25) is 0 Å². The molecule has 0 radical (unpaired) electrons. The standard InChI is InChI=1S/C12H14N2O3/c1-17-6-2-5-14-10-3-4-13-8-9(10)7-11(14)12(15)16/h3-4,7-8H,2,5-6H2,1H3,(H,15,16). The summed E-state index contributed by atoms with van der Waals surface area (Å²) in [6.07, 6.45) is 4.12. The number of carboxylic acid groups (broad SMARTS) is 1. The van der Waals surface area contributed by atoms with E-state index >= 15 is 0 Å². The molecule has 1 N–H and O–H groups in total. The summed E-state index contributed by atoms with van der Waals surface area (Å²) < 4.78 is 6.77. The molecule has 90 valence electrons. The molecule has 2 aromatic heterocycles. The van der Waals surface area contributed by atoms with Gasteiger partial charge in [-0.1, -0.05) is 0 Å². The first kappa shape index (κ1) is 11.6. The smallest absolute Gasteiger partial charge is 0.352 e. The van der Waals surface area contributed by atoms with Crippen LogP contribution >= 0.6 is 0 Å². The van der Waals surface area contributed by atoms with E-state index in [0.717, 1.165) is 17.3 Å². The van der Waals surface area contributed by atoms with Crippen LogP contribution in [-0.4, -0.2) is 34.3 Å². The lowest BCUT2D eigenvalue weighted by Gasteiger charge is -2.07. The molecule has 0 saturated heterocycles. The third kappa shape index (κ3) is 2.29. The Morgan fingerprint density at radius 2 is 2.41 bits per heavy atom. The van der Waals surface area contributed by atoms with Gasteiger partial charge in [0, 0.05) is 38.0 Å². The van der Waals surface area contributed by atoms with Crippen LogP contribution in [0.3, 0.4) is 0 Å². The lowest BCUT2D eigenvalue weighted by atomic mass is 10.3. The predicted molar refractivity (Wildman–Crippen MR) is 63.2 cm³/mol. The lowest BCUT2D eigenvalue weighted by molar-refractivity contribution is 0.0684. The highest BCUT2D eigenvalue weighted by Gasteiger charge is 2.13. The number of carbonyl (C=O) groups is 1. The Kier molecular flexibility index (Phi) is 3.39. The van der Waals surface area contributed by atoms with Crippen LogP contribution in [0.1, 0.15) is 16.9 Å². The Hall–Kier alpha value is -1.88. The Morgan fingerprint density at radius 3 is 3.12 bits per heavy atom. The monoisotopic (exact) mass is 234 g/mol. The van der Waals surface area contributed by atoms with Crippen molar-refractivity contribution >= 4 is 16.9 Å². The normalized spacial score (nSPS) is 10.9. The number of hydrogen-bond acceptors (Lipinski definition) is 3. The van der Waals surface area contributed by atoms with E-state index < -0.39 is 5.97 Å². The Balaban J connectivity index is 2.41. The molecule has 0 amide bonds. The first-order valence-corrected chi connectivity index (χ1v) is 5.39. The SMILES string of the molecule is COCCCn1c(C(=O)O)cc2cnccc21. The van der Waals surface area contributed by atoms with E-state index in [0.29, 0.717) is 18.8 Å². The number of aromatic nitrogens is 2. The molecular weight excluding hydrogens is 220 g/mol. The Labute approximate surface area is 98.6 Å². The van der Waals surface area contributed by atoms with E-state index in [1.807, 2.05) is 6.07 Å². The van der Waals surface area contributed by atoms with Crippen molar-refractivity contribution in [3.05, 3.63) is 30.2 Å². The van der Waals surface area contributed by atoms with Crippen molar-refractivity contribution in [2.45, 2.75) is 13.0 Å². The highest BCUT2D eigenvalue weighted by Crippen LogP contribution is 2.19. The number of aromatic carboxylic acids is 1. The molecule has 2 rings (SSSR count). The van der Waals surface area contributed by atoms with Gasteiger partial charge in [-0.05, 0) is 18.6 Å². The van der Waals surface area contributed by atoms with Crippen LogP contribution in [0, 0.1) is 0 Å². The van der Waals surface area contributed by atoms with Gasteiger partial charge in [-0.25, -0.2) is 4.79 Å². The minimum absolute atomic E-state index is 0.295. The fourth-order valence-corrected chi connectivity index (χ4v) is 1.90. The number of methoxy groups -OCH3 is 1. The molecule has 0 spiro atoms. The zero-order valence-electron chi connectivity index (χ0n) is 9.59. The van der Waals surface area contributed by atoms with Crippen LogP contribution < -0.4 is 0 Å². The molecule has 0 atom stereocenters. The van der Waals surface area contributed by atoms with E-state index in [1.165, 1.54) is 0 Å². The molecule has 0 unspecified atom stereocenters. The molecule has 0 aliphatic carbocycles. The number of rotatable bonds is 5. The summed E-state index contributed by atoms with van der Waals surface area (Å²) in [7, 11) is 1.63. The summed E-state index contributed by atoms with van der Waals surface area (Å²) in [4.78, 5) is 15.1. The topological polar surface area (TPSA) is 64.3 Å². The number of fused-ring (bicyclic) bond motifs is 1. The number of hydrogen-bond donors (Lipinski definition) is 1. The fraction of sp³-hybridized carbons (Fsp3) is 0.333. The van der Waals surface area contributed by atoms with E-state index in [4.69, 9.17) is 9.84 Å². The summed E-state index contributed by atoms with van der Waals surface area (Å²) in [6, 6.07) is 3.48. The zero-order chi connectivity index (χ0) is 12.3. The van der Waals surface area contributed by atoms with Gasteiger partial charge in [-0.15, -0.1) is 0 Å². The zero-order valence-corrected chi connectivity index (χ0v) is 9.59. The van der Waals surface area contributed by atoms with Gasteiger partial charge in [0.1, 0.15) is 5.69 Å². The Morgan fingerprint density at radius 1 is 1.59 bits per heavy atom. The van der Waals surface area contributed by atoms with Crippen molar-refractivity contribution in [3.63, 3.8) is 0 Å². The first-order chi connectivity index (χ1) is 8.24. The van der Waals surface area contributed by atoms with E-state index in [1.54, 1.807) is 30.1 Å². The lowest BCUT2D eigenvalue weighted by Crippen LogP contribution is -2.09. The molecule has 5 heteroatoms. The third-order valence-electron chi connectivity index (χ3n) is 2.65. The van der Waals surface area contributed by atoms with Gasteiger partial charge in [0.25, 0.3) is 0 Å². The molecule has 2 heterocycles. The van der Waals surface area contributed by atoms with E-state index in [-0.39, 0.29) is 0 Å². The number of aryl methyl sites for hydroxylation is 1. The van der Waals surface area contributed by atoms with Crippen molar-refractivity contribution in [1.29, 1.82) is 0 Å². The summed E-state index contributed by atoms with van der Waals surface area (Å²) in [5, 5.41) is 10.0. The third-order valence-corrected chi connectivity index (χ3v) is 2.65. The van der Waals surface area contributed by atoms with E-state index in [9.17, 15) is 4.79 Å². The largest absolute Gasteiger partial charge is 0.477 e. The summed E-state index contributed by atoms with van der Waals surface area (Å²) >= 11 is 0. The maximum Gasteiger partial charge on any atom is 0.352 e. The number of carboxylic acids is 1. The second-order valence-electron chi connectivity index (χ2n) is 3.77. The molecule has 2 aromatic rings. The molecule has 0 bridgehead atoms. The van der Waals surface area contributed by atoms with Gasteiger partial charge < -0.3 is 14.4 Å². The van der Waals surface area contributed by atoms with Crippen molar-refractivity contribution in [3.8, 4) is 0 Å². The van der Waals surface area contributed by atoms with Gasteiger partial charge in [0.05, 0.1) is 5.52 Å². The molecule has 0 fully saturated rings. The van der Waals surface area contributed by atoms with Crippen molar-refractivity contribution in [1.82, 2.24) is 9.55 Å². The summed E-state index contributed by atoms with van der Waals surface area (Å²) in [5.74, 6) is -0.918. The number of ether oxygens (including phenoxy) is 1. The second-order valence-corrected chi connectivity index (χ2v) is 3.77. The number of pyridine rings is 1. The van der Waals surface area contributed by atoms with Gasteiger partial charge in [0.2, 0.25) is 0 Å². The molecule has 0 aromatic carbocycles. The fourth-order valence-electron chi connectivity index (χ4n) is 1.90. The van der Waals surface area contributed by atoms with Crippen LogP contribution in [0.5, 0.6) is 0 Å². The van der Waals surface area contributed by atoms with Crippen LogP contribution in [0.25, 0.3) is 10.9 Å². The highest BCUT2D eigenvalue weighted by molar-refractivity contribution is 5.94. The predicted octanol–water partition coefficient (Wildman–Crippen LogP) is 1.77. The Bertz CT molecular complexity index is 534. The second kappa shape index (κ2) is 4.97. The molecule has 5 nitrogen and oxygen atoms in total. The van der Waals surface area contributed by atoms with Crippen LogP contribution in [0.15, 0.2) is 24.5 Å². The minimum Gasteiger partial charge on any atom is -0.477 e. The van der Waals surface area contributed by atoms with Crippen molar-refractivity contribution in [2.75, 3.05) is 13.7 Å². The van der Waals surface area contributed by atoms with Crippen LogP contribution in [0.4, 0.5) is 0 Å². The average Bonchev–Trinajstić information content (AvgIpc) is 2.69. The maximum absolute atomic E-state index is 11.2. The summed E-state index contributed by atoms with van der Waals surface area (Å²) in [5.41, 5.74) is 1.19. The molecule has 0 saturated carbocycles. The first-order valence-electron chi connectivity index (χ1n) is 5.39. The van der Waals surface area contributed by atoms with E-state index in [2.05, 4.69) is 4.98 Å².